The number of carboxylic acids is 1. The molecule has 0 unspecified atom stereocenters. The standard InChI is InChI=1S/C15H14ClNO4/c1-9-13(15(19)20)7-12(21-9)8-17-14(18)6-10-2-4-11(16)5-3-10/h2-5,7H,6,8H2,1H3,(H,17,18)(H,19,20). The van der Waals surface area contributed by atoms with Crippen LogP contribution in [0.15, 0.2) is 34.7 Å². The molecule has 0 aliphatic rings. The summed E-state index contributed by atoms with van der Waals surface area (Å²) < 4.78 is 5.28. The number of furan rings is 1. The Bertz CT molecular complexity index is 661. The highest BCUT2D eigenvalue weighted by Gasteiger charge is 2.14. The van der Waals surface area contributed by atoms with Gasteiger partial charge >= 0.3 is 5.97 Å². The summed E-state index contributed by atoms with van der Waals surface area (Å²) >= 11 is 5.77. The van der Waals surface area contributed by atoms with Crippen molar-refractivity contribution in [2.45, 2.75) is 19.9 Å². The minimum atomic E-state index is -1.05. The van der Waals surface area contributed by atoms with E-state index in [1.165, 1.54) is 6.07 Å². The first-order valence-electron chi connectivity index (χ1n) is 6.29. The van der Waals surface area contributed by atoms with Crippen molar-refractivity contribution in [2.24, 2.45) is 0 Å². The van der Waals surface area contributed by atoms with E-state index >= 15 is 0 Å². The van der Waals surface area contributed by atoms with E-state index in [0.717, 1.165) is 5.56 Å². The summed E-state index contributed by atoms with van der Waals surface area (Å²) in [6.07, 6.45) is 0.225. The van der Waals surface area contributed by atoms with Crippen LogP contribution in [0.2, 0.25) is 5.02 Å². The van der Waals surface area contributed by atoms with Crippen molar-refractivity contribution in [1.29, 1.82) is 0 Å². The second-order valence-electron chi connectivity index (χ2n) is 4.57. The quantitative estimate of drug-likeness (QED) is 0.890. The van der Waals surface area contributed by atoms with Gasteiger partial charge in [0.05, 0.1) is 13.0 Å². The highest BCUT2D eigenvalue weighted by atomic mass is 35.5. The lowest BCUT2D eigenvalue weighted by Gasteiger charge is -2.03. The van der Waals surface area contributed by atoms with Crippen LogP contribution < -0.4 is 5.32 Å². The molecular weight excluding hydrogens is 294 g/mol. The Labute approximate surface area is 126 Å². The van der Waals surface area contributed by atoms with Crippen molar-refractivity contribution < 1.29 is 19.1 Å². The van der Waals surface area contributed by atoms with E-state index in [4.69, 9.17) is 21.1 Å². The zero-order chi connectivity index (χ0) is 15.4. The molecule has 5 nitrogen and oxygen atoms in total. The Morgan fingerprint density at radius 1 is 1.29 bits per heavy atom. The molecule has 0 atom stereocenters. The molecule has 2 aromatic rings. The molecule has 110 valence electrons. The maximum atomic E-state index is 11.8. The third kappa shape index (κ3) is 4.10. The van der Waals surface area contributed by atoms with E-state index in [9.17, 15) is 9.59 Å². The molecule has 0 aliphatic heterocycles. The van der Waals surface area contributed by atoms with E-state index in [0.29, 0.717) is 16.5 Å². The first-order chi connectivity index (χ1) is 9.95. The molecule has 1 amide bonds. The number of hydrogen-bond acceptors (Lipinski definition) is 3. The first-order valence-corrected chi connectivity index (χ1v) is 6.67. The van der Waals surface area contributed by atoms with E-state index in [1.54, 1.807) is 31.2 Å². The predicted octanol–water partition coefficient (Wildman–Crippen LogP) is 2.80. The molecule has 1 aromatic carbocycles. The fourth-order valence-electron chi connectivity index (χ4n) is 1.88. The second-order valence-corrected chi connectivity index (χ2v) is 5.00. The van der Waals surface area contributed by atoms with E-state index < -0.39 is 5.97 Å². The number of amides is 1. The number of benzene rings is 1. The molecule has 0 spiro atoms. The molecule has 0 radical (unpaired) electrons. The number of rotatable bonds is 5. The summed E-state index contributed by atoms with van der Waals surface area (Å²) in [6, 6.07) is 8.42. The lowest BCUT2D eigenvalue weighted by Crippen LogP contribution is -2.24. The van der Waals surface area contributed by atoms with Gasteiger partial charge < -0.3 is 14.8 Å². The van der Waals surface area contributed by atoms with Crippen LogP contribution in [0.5, 0.6) is 0 Å². The van der Waals surface area contributed by atoms with Crippen LogP contribution in [0.1, 0.15) is 27.4 Å². The van der Waals surface area contributed by atoms with Gasteiger partial charge in [0.2, 0.25) is 5.91 Å². The van der Waals surface area contributed by atoms with Crippen LogP contribution in [0, 0.1) is 6.92 Å². The van der Waals surface area contributed by atoms with Gasteiger partial charge in [0.1, 0.15) is 17.1 Å². The molecule has 0 saturated heterocycles. The number of aromatic carboxylic acids is 1. The van der Waals surface area contributed by atoms with Gasteiger partial charge in [0, 0.05) is 5.02 Å². The highest BCUT2D eigenvalue weighted by Crippen LogP contribution is 2.14. The van der Waals surface area contributed by atoms with Gasteiger partial charge in [-0.05, 0) is 30.7 Å². The Hall–Kier alpha value is -2.27. The maximum absolute atomic E-state index is 11.8. The van der Waals surface area contributed by atoms with Crippen LogP contribution >= 0.6 is 11.6 Å². The van der Waals surface area contributed by atoms with Crippen molar-refractivity contribution in [2.75, 3.05) is 0 Å². The molecule has 0 fully saturated rings. The topological polar surface area (TPSA) is 79.5 Å². The summed E-state index contributed by atoms with van der Waals surface area (Å²) in [7, 11) is 0. The summed E-state index contributed by atoms with van der Waals surface area (Å²) in [5, 5.41) is 12.2. The van der Waals surface area contributed by atoms with Gasteiger partial charge in [-0.3, -0.25) is 4.79 Å². The van der Waals surface area contributed by atoms with Crippen LogP contribution in [0.25, 0.3) is 0 Å². The fraction of sp³-hybridized carbons (Fsp3) is 0.200. The summed E-state index contributed by atoms with van der Waals surface area (Å²) in [6.45, 7) is 1.73. The first kappa shape index (κ1) is 15.1. The van der Waals surface area contributed by atoms with Crippen LogP contribution in [0.4, 0.5) is 0 Å². The summed E-state index contributed by atoms with van der Waals surface area (Å²) in [4.78, 5) is 22.7. The van der Waals surface area contributed by atoms with Gasteiger partial charge in [-0.2, -0.15) is 0 Å². The van der Waals surface area contributed by atoms with E-state index in [2.05, 4.69) is 5.32 Å². The molecule has 0 saturated carbocycles. The molecule has 6 heteroatoms. The second kappa shape index (κ2) is 6.45. The number of nitrogens with one attached hydrogen (secondary N) is 1. The zero-order valence-corrected chi connectivity index (χ0v) is 12.1. The molecule has 1 heterocycles. The van der Waals surface area contributed by atoms with E-state index in [1.807, 2.05) is 0 Å². The molecule has 2 N–H and O–H groups in total. The molecule has 2 rings (SSSR count). The Morgan fingerprint density at radius 3 is 2.52 bits per heavy atom. The zero-order valence-electron chi connectivity index (χ0n) is 11.4. The van der Waals surface area contributed by atoms with Gasteiger partial charge in [0.15, 0.2) is 0 Å². The molecule has 1 aromatic heterocycles. The lowest BCUT2D eigenvalue weighted by molar-refractivity contribution is -0.120. The number of carbonyl (C=O) groups excluding carboxylic acids is 1. The highest BCUT2D eigenvalue weighted by molar-refractivity contribution is 6.30. The third-order valence-electron chi connectivity index (χ3n) is 2.94. The van der Waals surface area contributed by atoms with Crippen LogP contribution in [0.3, 0.4) is 0 Å². The Balaban J connectivity index is 1.90. The molecule has 0 aliphatic carbocycles. The largest absolute Gasteiger partial charge is 0.478 e. The van der Waals surface area contributed by atoms with Crippen LogP contribution in [-0.4, -0.2) is 17.0 Å². The maximum Gasteiger partial charge on any atom is 0.339 e. The van der Waals surface area contributed by atoms with Crippen molar-refractivity contribution in [1.82, 2.24) is 5.32 Å². The van der Waals surface area contributed by atoms with Gasteiger partial charge in [0.25, 0.3) is 0 Å². The van der Waals surface area contributed by atoms with Gasteiger partial charge in [-0.15, -0.1) is 0 Å². The van der Waals surface area contributed by atoms with Gasteiger partial charge in [-0.25, -0.2) is 4.79 Å². The molecule has 21 heavy (non-hydrogen) atoms. The van der Waals surface area contributed by atoms with Crippen molar-refractivity contribution in [3.8, 4) is 0 Å². The SMILES string of the molecule is Cc1oc(CNC(=O)Cc2ccc(Cl)cc2)cc1C(=O)O. The predicted molar refractivity (Wildman–Crippen MR) is 77.4 cm³/mol. The normalized spacial score (nSPS) is 10.4. The smallest absolute Gasteiger partial charge is 0.339 e. The van der Waals surface area contributed by atoms with Gasteiger partial charge in [-0.1, -0.05) is 23.7 Å². The lowest BCUT2D eigenvalue weighted by atomic mass is 10.1. The van der Waals surface area contributed by atoms with Crippen molar-refractivity contribution in [3.63, 3.8) is 0 Å². The monoisotopic (exact) mass is 307 g/mol. The number of carbonyl (C=O) groups is 2. The molecular formula is C15H14ClNO4. The van der Waals surface area contributed by atoms with E-state index in [-0.39, 0.29) is 24.4 Å². The minimum absolute atomic E-state index is 0.108. The Morgan fingerprint density at radius 2 is 1.95 bits per heavy atom. The van der Waals surface area contributed by atoms with Crippen LogP contribution in [-0.2, 0) is 17.8 Å². The average Bonchev–Trinajstić information content (AvgIpc) is 2.81. The number of carboxylic acid groups (broad SMARTS) is 1. The number of halogens is 1. The third-order valence-corrected chi connectivity index (χ3v) is 3.19. The van der Waals surface area contributed by atoms with Crippen molar-refractivity contribution in [3.05, 3.63) is 58.0 Å². The summed E-state index contributed by atoms with van der Waals surface area (Å²) in [5.74, 6) is -0.489. The minimum Gasteiger partial charge on any atom is -0.478 e. The summed E-state index contributed by atoms with van der Waals surface area (Å²) in [5.41, 5.74) is 0.954. The number of aryl methyl sites for hydroxylation is 1. The molecule has 0 bridgehead atoms. The van der Waals surface area contributed by atoms with Crippen molar-refractivity contribution >= 4 is 23.5 Å². The number of hydrogen-bond donors (Lipinski definition) is 2. The Kier molecular flexibility index (Phi) is 4.65. The fourth-order valence-corrected chi connectivity index (χ4v) is 2.00. The average molecular weight is 308 g/mol.